The molecule has 0 atom stereocenters. The van der Waals surface area contributed by atoms with Gasteiger partial charge in [0.1, 0.15) is 17.0 Å². The van der Waals surface area contributed by atoms with Crippen molar-refractivity contribution in [2.45, 2.75) is 0 Å². The fourth-order valence-corrected chi connectivity index (χ4v) is 7.00. The van der Waals surface area contributed by atoms with E-state index >= 15 is 0 Å². The molecule has 232 valence electrons. The van der Waals surface area contributed by atoms with Crippen molar-refractivity contribution >= 4 is 49.8 Å². The van der Waals surface area contributed by atoms with Gasteiger partial charge in [-0.1, -0.05) is 121 Å². The molecule has 0 fully saturated rings. The summed E-state index contributed by atoms with van der Waals surface area (Å²) in [5.74, 6) is -0.242. The van der Waals surface area contributed by atoms with Crippen LogP contribution in [-0.4, -0.2) is 0 Å². The highest BCUT2D eigenvalue weighted by Crippen LogP contribution is 2.41. The second kappa shape index (κ2) is 12.0. The summed E-state index contributed by atoms with van der Waals surface area (Å²) in [4.78, 5) is 2.27. The number of benzene rings is 8. The number of fused-ring (bicyclic) bond motifs is 4. The van der Waals surface area contributed by atoms with E-state index < -0.39 is 0 Å². The molecule has 0 bridgehead atoms. The molecule has 49 heavy (non-hydrogen) atoms. The number of nitrogens with zero attached hydrogens (tertiary/aromatic N) is 1. The van der Waals surface area contributed by atoms with E-state index in [0.717, 1.165) is 77.6 Å². The van der Waals surface area contributed by atoms with Gasteiger partial charge in [-0.15, -0.1) is 0 Å². The Hall–Kier alpha value is -6.45. The molecule has 9 aromatic rings. The zero-order valence-corrected chi connectivity index (χ0v) is 26.6. The van der Waals surface area contributed by atoms with Gasteiger partial charge < -0.3 is 9.32 Å². The molecule has 0 aliphatic rings. The number of furan rings is 1. The van der Waals surface area contributed by atoms with Crippen LogP contribution >= 0.6 is 0 Å². The molecule has 0 aliphatic heterocycles. The van der Waals surface area contributed by atoms with Crippen LogP contribution in [0.3, 0.4) is 0 Å². The molecule has 1 aromatic heterocycles. The van der Waals surface area contributed by atoms with Crippen LogP contribution in [0, 0.1) is 5.82 Å². The summed E-state index contributed by atoms with van der Waals surface area (Å²) in [5, 5.41) is 4.42. The maximum absolute atomic E-state index is 14.3. The summed E-state index contributed by atoms with van der Waals surface area (Å²) in [6, 6.07) is 61.9. The second-order valence-electron chi connectivity index (χ2n) is 12.3. The van der Waals surface area contributed by atoms with Crippen molar-refractivity contribution in [3.05, 3.63) is 188 Å². The summed E-state index contributed by atoms with van der Waals surface area (Å²) in [7, 11) is 0. The number of rotatable bonds is 6. The highest BCUT2D eigenvalue weighted by Gasteiger charge is 2.17. The zero-order chi connectivity index (χ0) is 32.7. The van der Waals surface area contributed by atoms with Gasteiger partial charge in [0, 0.05) is 33.9 Å². The Morgan fingerprint density at radius 2 is 0.959 bits per heavy atom. The first-order valence-electron chi connectivity index (χ1n) is 16.4. The van der Waals surface area contributed by atoms with E-state index in [9.17, 15) is 4.39 Å². The molecule has 2 nitrogen and oxygen atoms in total. The van der Waals surface area contributed by atoms with Crippen LogP contribution in [-0.2, 0) is 0 Å². The monoisotopic (exact) mass is 631 g/mol. The normalized spacial score (nSPS) is 11.4. The first-order valence-corrected chi connectivity index (χ1v) is 16.4. The van der Waals surface area contributed by atoms with E-state index in [2.05, 4.69) is 132 Å². The molecule has 0 saturated carbocycles. The molecule has 9 rings (SSSR count). The third kappa shape index (κ3) is 5.22. The maximum atomic E-state index is 14.3. The first-order chi connectivity index (χ1) is 24.2. The van der Waals surface area contributed by atoms with Gasteiger partial charge in [0.25, 0.3) is 0 Å². The third-order valence-electron chi connectivity index (χ3n) is 9.33. The Labute approximate surface area is 283 Å². The van der Waals surface area contributed by atoms with Gasteiger partial charge in [0.2, 0.25) is 0 Å². The second-order valence-corrected chi connectivity index (χ2v) is 12.3. The van der Waals surface area contributed by atoms with Gasteiger partial charge in [0.15, 0.2) is 0 Å². The van der Waals surface area contributed by atoms with Crippen molar-refractivity contribution < 1.29 is 8.81 Å². The highest BCUT2D eigenvalue weighted by atomic mass is 19.1. The fraction of sp³-hybridized carbons (Fsp3) is 0. The smallest absolute Gasteiger partial charge is 0.137 e. The third-order valence-corrected chi connectivity index (χ3v) is 9.33. The molecule has 1 heterocycles. The molecule has 0 radical (unpaired) electrons. The number of hydrogen-bond acceptors (Lipinski definition) is 2. The van der Waals surface area contributed by atoms with Crippen molar-refractivity contribution in [1.82, 2.24) is 0 Å². The van der Waals surface area contributed by atoms with Crippen molar-refractivity contribution in [1.29, 1.82) is 0 Å². The van der Waals surface area contributed by atoms with Gasteiger partial charge in [-0.2, -0.15) is 0 Å². The lowest BCUT2D eigenvalue weighted by atomic mass is 9.91. The van der Waals surface area contributed by atoms with Crippen molar-refractivity contribution in [3.63, 3.8) is 0 Å². The summed E-state index contributed by atoms with van der Waals surface area (Å²) in [5.41, 5.74) is 11.2. The fourth-order valence-electron chi connectivity index (χ4n) is 7.00. The molecule has 0 aliphatic carbocycles. The highest BCUT2D eigenvalue weighted by molar-refractivity contribution is 6.07. The van der Waals surface area contributed by atoms with Gasteiger partial charge in [-0.3, -0.25) is 0 Å². The molecule has 0 amide bonds. The average Bonchev–Trinajstić information content (AvgIpc) is 3.53. The number of hydrogen-bond donors (Lipinski definition) is 0. The van der Waals surface area contributed by atoms with Gasteiger partial charge in [-0.05, 0) is 98.8 Å². The van der Waals surface area contributed by atoms with E-state index in [1.54, 1.807) is 12.1 Å². The minimum Gasteiger partial charge on any atom is -0.456 e. The summed E-state index contributed by atoms with van der Waals surface area (Å²) in [6.07, 6.45) is 0. The van der Waals surface area contributed by atoms with Crippen LogP contribution < -0.4 is 4.90 Å². The quantitative estimate of drug-likeness (QED) is 0.182. The van der Waals surface area contributed by atoms with E-state index in [0.29, 0.717) is 0 Å². The van der Waals surface area contributed by atoms with Crippen LogP contribution in [0.15, 0.2) is 186 Å². The topological polar surface area (TPSA) is 16.4 Å². The average molecular weight is 632 g/mol. The molecular formula is C46H30FNO. The molecule has 0 saturated heterocycles. The van der Waals surface area contributed by atoms with Gasteiger partial charge in [-0.25, -0.2) is 4.39 Å². The molecule has 8 aromatic carbocycles. The van der Waals surface area contributed by atoms with E-state index in [1.807, 2.05) is 36.4 Å². The lowest BCUT2D eigenvalue weighted by molar-refractivity contribution is 0.628. The number of halogens is 1. The lowest BCUT2D eigenvalue weighted by Crippen LogP contribution is -2.09. The van der Waals surface area contributed by atoms with E-state index in [-0.39, 0.29) is 5.82 Å². The minimum atomic E-state index is -0.242. The zero-order valence-electron chi connectivity index (χ0n) is 26.6. The van der Waals surface area contributed by atoms with Crippen LogP contribution in [0.4, 0.5) is 21.5 Å². The standard InChI is InChI=1S/C46H30FNO/c47-36-14-6-13-35(29-36)41-17-8-12-34-11-7-16-40(46(34)41)33-21-25-38(26-22-33)48(37-23-19-32(20-24-37)31-9-2-1-3-10-31)39-27-28-43-42-15-4-5-18-44(42)49-45(43)30-39/h1-30H. The van der Waals surface area contributed by atoms with Crippen molar-refractivity contribution in [2.24, 2.45) is 0 Å². The summed E-state index contributed by atoms with van der Waals surface area (Å²) >= 11 is 0. The number of para-hydroxylation sites is 1. The van der Waals surface area contributed by atoms with Crippen molar-refractivity contribution in [3.8, 4) is 33.4 Å². The minimum absolute atomic E-state index is 0.242. The number of anilines is 3. The Bertz CT molecular complexity index is 2600. The van der Waals surface area contributed by atoms with Crippen LogP contribution in [0.5, 0.6) is 0 Å². The Morgan fingerprint density at radius 3 is 1.69 bits per heavy atom. The first kappa shape index (κ1) is 28.7. The Balaban J connectivity index is 1.16. The Kier molecular flexibility index (Phi) is 7.02. The Morgan fingerprint density at radius 1 is 0.388 bits per heavy atom. The van der Waals surface area contributed by atoms with Crippen LogP contribution in [0.1, 0.15) is 0 Å². The van der Waals surface area contributed by atoms with Crippen LogP contribution in [0.25, 0.3) is 66.1 Å². The lowest BCUT2D eigenvalue weighted by Gasteiger charge is -2.26. The van der Waals surface area contributed by atoms with E-state index in [4.69, 9.17) is 4.42 Å². The van der Waals surface area contributed by atoms with Crippen LogP contribution in [0.2, 0.25) is 0 Å². The maximum Gasteiger partial charge on any atom is 0.137 e. The molecule has 0 unspecified atom stereocenters. The molecule has 0 spiro atoms. The summed E-state index contributed by atoms with van der Waals surface area (Å²) in [6.45, 7) is 0. The van der Waals surface area contributed by atoms with Gasteiger partial charge >= 0.3 is 0 Å². The molecular weight excluding hydrogens is 602 g/mol. The predicted molar refractivity (Wildman–Crippen MR) is 202 cm³/mol. The largest absolute Gasteiger partial charge is 0.456 e. The van der Waals surface area contributed by atoms with E-state index in [1.165, 1.54) is 11.6 Å². The molecule has 3 heteroatoms. The SMILES string of the molecule is Fc1cccc(-c2cccc3cccc(-c4ccc(N(c5ccc(-c6ccccc6)cc5)c5ccc6c(c5)oc5ccccc56)cc4)c23)c1. The predicted octanol–water partition coefficient (Wildman–Crippen LogP) is 13.3. The molecule has 0 N–H and O–H groups in total. The van der Waals surface area contributed by atoms with Gasteiger partial charge in [0.05, 0.1) is 0 Å². The van der Waals surface area contributed by atoms with Crippen molar-refractivity contribution in [2.75, 3.05) is 4.90 Å². The summed E-state index contributed by atoms with van der Waals surface area (Å²) < 4.78 is 20.6.